The van der Waals surface area contributed by atoms with Crippen LogP contribution in [-0.2, 0) is 0 Å². The second-order valence-corrected chi connectivity index (χ2v) is 6.95. The fourth-order valence-corrected chi connectivity index (χ4v) is 3.20. The number of aromatic amines is 1. The molecule has 0 spiro atoms. The monoisotopic (exact) mass is 392 g/mol. The number of hydrogen-bond acceptors (Lipinski definition) is 4. The van der Waals surface area contributed by atoms with Crippen LogP contribution in [0, 0.1) is 0 Å². The molecule has 0 amide bonds. The van der Waals surface area contributed by atoms with Crippen molar-refractivity contribution in [1.82, 2.24) is 15.0 Å². The molecule has 0 fully saturated rings. The zero-order valence-electron chi connectivity index (χ0n) is 15.3. The minimum absolute atomic E-state index is 0.270. The van der Waals surface area contributed by atoms with Crippen LogP contribution in [0.4, 0.5) is 5.82 Å². The van der Waals surface area contributed by atoms with Crippen molar-refractivity contribution >= 4 is 34.7 Å². The van der Waals surface area contributed by atoms with Crippen molar-refractivity contribution in [3.05, 3.63) is 70.0 Å². The molecule has 0 saturated carbocycles. The van der Waals surface area contributed by atoms with E-state index >= 15 is 0 Å². The Hall–Kier alpha value is -3.38. The normalized spacial score (nSPS) is 11.4. The number of pyridine rings is 1. The number of aromatic nitrogens is 2. The third-order valence-corrected chi connectivity index (χ3v) is 4.44. The van der Waals surface area contributed by atoms with Gasteiger partial charge in [-0.2, -0.15) is 0 Å². The molecule has 0 atom stereocenters. The summed E-state index contributed by atoms with van der Waals surface area (Å²) in [5.74, 6) is 0.723. The standard InChI is InChI=1S/C21H17ClN4O2/c1-26(2)12-23-18-11-17(28-25-18)20-19(13-6-4-3-5-7-13)15-10-14(22)8-9-16(15)24-21(20)27/h3-12H,1-2H3,(H,24,27). The molecule has 0 bridgehead atoms. The highest BCUT2D eigenvalue weighted by molar-refractivity contribution is 6.31. The highest BCUT2D eigenvalue weighted by Crippen LogP contribution is 2.36. The summed E-state index contributed by atoms with van der Waals surface area (Å²) < 4.78 is 5.47. The van der Waals surface area contributed by atoms with E-state index in [1.54, 1.807) is 29.4 Å². The summed E-state index contributed by atoms with van der Waals surface area (Å²) in [6, 6.07) is 16.7. The lowest BCUT2D eigenvalue weighted by molar-refractivity contribution is 0.434. The molecular formula is C21H17ClN4O2. The van der Waals surface area contributed by atoms with Gasteiger partial charge in [-0.25, -0.2) is 4.99 Å². The number of hydrogen-bond donors (Lipinski definition) is 1. The van der Waals surface area contributed by atoms with Crippen molar-refractivity contribution in [3.8, 4) is 22.5 Å². The largest absolute Gasteiger partial charge is 0.369 e. The van der Waals surface area contributed by atoms with Gasteiger partial charge >= 0.3 is 0 Å². The molecule has 2 heterocycles. The minimum atomic E-state index is -0.270. The van der Waals surface area contributed by atoms with Gasteiger partial charge in [0.1, 0.15) is 0 Å². The van der Waals surface area contributed by atoms with Gasteiger partial charge in [-0.1, -0.05) is 47.1 Å². The Labute approximate surface area is 166 Å². The van der Waals surface area contributed by atoms with E-state index in [2.05, 4.69) is 15.1 Å². The number of aliphatic imine (C=N–C) groups is 1. The predicted octanol–water partition coefficient (Wildman–Crippen LogP) is 4.72. The minimum Gasteiger partial charge on any atom is -0.369 e. The maximum atomic E-state index is 13.0. The van der Waals surface area contributed by atoms with E-state index in [0.717, 1.165) is 16.5 Å². The molecular weight excluding hydrogens is 376 g/mol. The van der Waals surface area contributed by atoms with Crippen molar-refractivity contribution in [3.63, 3.8) is 0 Å². The number of fused-ring (bicyclic) bond motifs is 1. The lowest BCUT2D eigenvalue weighted by atomic mass is 9.95. The zero-order chi connectivity index (χ0) is 19.7. The third kappa shape index (κ3) is 3.42. The quantitative estimate of drug-likeness (QED) is 0.402. The van der Waals surface area contributed by atoms with Crippen LogP contribution in [0.25, 0.3) is 33.4 Å². The number of benzene rings is 2. The van der Waals surface area contributed by atoms with Crippen molar-refractivity contribution in [2.24, 2.45) is 4.99 Å². The molecule has 0 aliphatic rings. The van der Waals surface area contributed by atoms with Gasteiger partial charge < -0.3 is 14.4 Å². The SMILES string of the molecule is CN(C)C=Nc1cc(-c2c(-c3ccccc3)c3cc(Cl)ccc3[nH]c2=O)on1. The van der Waals surface area contributed by atoms with Gasteiger partial charge in [0.15, 0.2) is 11.6 Å². The Morgan fingerprint density at radius 1 is 1.11 bits per heavy atom. The second-order valence-electron chi connectivity index (χ2n) is 6.52. The van der Waals surface area contributed by atoms with Crippen molar-refractivity contribution in [1.29, 1.82) is 0 Å². The lowest BCUT2D eigenvalue weighted by Crippen LogP contribution is -2.11. The van der Waals surface area contributed by atoms with Crippen molar-refractivity contribution < 1.29 is 4.52 Å². The summed E-state index contributed by atoms with van der Waals surface area (Å²) in [6.07, 6.45) is 1.62. The Kier molecular flexibility index (Phi) is 4.71. The number of nitrogens with zero attached hydrogens (tertiary/aromatic N) is 3. The van der Waals surface area contributed by atoms with Crippen molar-refractivity contribution in [2.45, 2.75) is 0 Å². The molecule has 4 aromatic rings. The first-order valence-corrected chi connectivity index (χ1v) is 8.99. The number of H-pyrrole nitrogens is 1. The van der Waals surface area contributed by atoms with E-state index in [0.29, 0.717) is 27.7 Å². The van der Waals surface area contributed by atoms with Crippen molar-refractivity contribution in [2.75, 3.05) is 14.1 Å². The van der Waals surface area contributed by atoms with Gasteiger partial charge in [0.25, 0.3) is 5.56 Å². The molecule has 0 radical (unpaired) electrons. The molecule has 0 unspecified atom stereocenters. The molecule has 7 heteroatoms. The highest BCUT2D eigenvalue weighted by atomic mass is 35.5. The van der Waals surface area contributed by atoms with E-state index < -0.39 is 0 Å². The molecule has 1 N–H and O–H groups in total. The first kappa shape index (κ1) is 18.0. The fraction of sp³-hybridized carbons (Fsp3) is 0.0952. The second kappa shape index (κ2) is 7.32. The molecule has 140 valence electrons. The van der Waals surface area contributed by atoms with E-state index in [-0.39, 0.29) is 5.56 Å². The van der Waals surface area contributed by atoms with Crippen LogP contribution in [0.3, 0.4) is 0 Å². The van der Waals surface area contributed by atoms with Crippen LogP contribution in [0.1, 0.15) is 0 Å². The van der Waals surface area contributed by atoms with Gasteiger partial charge in [0.05, 0.1) is 11.9 Å². The van der Waals surface area contributed by atoms with E-state index in [1.165, 1.54) is 0 Å². The molecule has 28 heavy (non-hydrogen) atoms. The van der Waals surface area contributed by atoms with Crippen LogP contribution >= 0.6 is 11.6 Å². The smallest absolute Gasteiger partial charge is 0.260 e. The fourth-order valence-electron chi connectivity index (χ4n) is 3.02. The van der Waals surface area contributed by atoms with E-state index in [9.17, 15) is 4.79 Å². The number of rotatable bonds is 4. The molecule has 2 aromatic carbocycles. The topological polar surface area (TPSA) is 74.5 Å². The maximum Gasteiger partial charge on any atom is 0.260 e. The van der Waals surface area contributed by atoms with E-state index in [1.807, 2.05) is 50.5 Å². The number of nitrogens with one attached hydrogen (secondary N) is 1. The van der Waals surface area contributed by atoms with Crippen LogP contribution < -0.4 is 5.56 Å². The molecule has 0 aliphatic heterocycles. The lowest BCUT2D eigenvalue weighted by Gasteiger charge is -2.11. The van der Waals surface area contributed by atoms with E-state index in [4.69, 9.17) is 16.1 Å². The summed E-state index contributed by atoms with van der Waals surface area (Å²) in [5.41, 5.74) is 2.43. The molecule has 0 saturated heterocycles. The summed E-state index contributed by atoms with van der Waals surface area (Å²) in [7, 11) is 3.71. The molecule has 2 aromatic heterocycles. The Morgan fingerprint density at radius 2 is 1.89 bits per heavy atom. The average molecular weight is 393 g/mol. The first-order valence-electron chi connectivity index (χ1n) is 8.61. The summed E-state index contributed by atoms with van der Waals surface area (Å²) in [5, 5.41) is 5.36. The molecule has 0 aliphatic carbocycles. The van der Waals surface area contributed by atoms with Crippen LogP contribution in [0.5, 0.6) is 0 Å². The van der Waals surface area contributed by atoms with Gasteiger partial charge in [-0.15, -0.1) is 0 Å². The van der Waals surface area contributed by atoms with Gasteiger partial charge in [0, 0.05) is 41.7 Å². The zero-order valence-corrected chi connectivity index (χ0v) is 16.1. The van der Waals surface area contributed by atoms with Crippen LogP contribution in [0.2, 0.25) is 5.02 Å². The van der Waals surface area contributed by atoms with Crippen LogP contribution in [0.15, 0.2) is 68.9 Å². The molecule has 4 rings (SSSR count). The summed E-state index contributed by atoms with van der Waals surface area (Å²) in [6.45, 7) is 0. The highest BCUT2D eigenvalue weighted by Gasteiger charge is 2.20. The van der Waals surface area contributed by atoms with Crippen LogP contribution in [-0.4, -0.2) is 35.5 Å². The molecule has 6 nitrogen and oxygen atoms in total. The predicted molar refractivity (Wildman–Crippen MR) is 112 cm³/mol. The van der Waals surface area contributed by atoms with Gasteiger partial charge in [-0.3, -0.25) is 4.79 Å². The average Bonchev–Trinajstić information content (AvgIpc) is 3.15. The third-order valence-electron chi connectivity index (χ3n) is 4.20. The Bertz CT molecular complexity index is 1230. The van der Waals surface area contributed by atoms with Gasteiger partial charge in [-0.05, 0) is 23.8 Å². The van der Waals surface area contributed by atoms with Gasteiger partial charge in [0.2, 0.25) is 0 Å². The Morgan fingerprint density at radius 3 is 2.64 bits per heavy atom. The summed E-state index contributed by atoms with van der Waals surface area (Å²) >= 11 is 6.24. The number of halogens is 1. The Balaban J connectivity index is 2.01. The maximum absolute atomic E-state index is 13.0. The summed E-state index contributed by atoms with van der Waals surface area (Å²) in [4.78, 5) is 21.9. The first-order chi connectivity index (χ1) is 13.5.